The minimum Gasteiger partial charge on any atom is -0.410 e. The van der Waals surface area contributed by atoms with E-state index in [2.05, 4.69) is 21.1 Å². The van der Waals surface area contributed by atoms with Crippen LogP contribution in [0.15, 0.2) is 66.2 Å². The molecule has 1 aromatic carbocycles. The third kappa shape index (κ3) is 6.58. The van der Waals surface area contributed by atoms with Crippen molar-refractivity contribution in [3.05, 3.63) is 72.4 Å². The van der Waals surface area contributed by atoms with Crippen LogP contribution in [0.25, 0.3) is 0 Å². The number of benzene rings is 1. The fraction of sp³-hybridized carbons (Fsp3) is 0.375. The monoisotopic (exact) mass is 451 g/mol. The first kappa shape index (κ1) is 22.4. The maximum absolute atomic E-state index is 12.5. The fourth-order valence-corrected chi connectivity index (χ4v) is 4.48. The number of carbonyl (C=O) groups excluding carboxylic acids is 1. The van der Waals surface area contributed by atoms with Crippen LogP contribution in [-0.4, -0.2) is 68.9 Å². The first-order valence-corrected chi connectivity index (χ1v) is 11.9. The topological polar surface area (TPSA) is 63.5 Å². The number of hydrogen-bond donors (Lipinski definition) is 0. The molecule has 0 N–H and O–H groups in total. The normalized spacial score (nSPS) is 14.5. The van der Waals surface area contributed by atoms with Crippen LogP contribution in [0.2, 0.25) is 0 Å². The van der Waals surface area contributed by atoms with Gasteiger partial charge in [0.15, 0.2) is 0 Å². The number of ether oxygens (including phenoxy) is 1. The summed E-state index contributed by atoms with van der Waals surface area (Å²) in [5.41, 5.74) is 2.32. The van der Waals surface area contributed by atoms with Gasteiger partial charge in [-0.2, -0.15) is 0 Å². The van der Waals surface area contributed by atoms with Gasteiger partial charge in [-0.1, -0.05) is 18.2 Å². The highest BCUT2D eigenvalue weighted by atomic mass is 32.2. The summed E-state index contributed by atoms with van der Waals surface area (Å²) in [6, 6.07) is 13.7. The second-order valence-corrected chi connectivity index (χ2v) is 9.00. The number of nitrogens with zero attached hydrogens (tertiary/aromatic N) is 5. The SMILES string of the molecule is Cn1cnc(CCN2CCN(C(=O)Oc3ccc(CCSc4ccccn4)cc3)CC2)c1. The van der Waals surface area contributed by atoms with Crippen LogP contribution in [0.3, 0.4) is 0 Å². The lowest BCUT2D eigenvalue weighted by atomic mass is 10.2. The molecule has 4 rings (SSSR count). The van der Waals surface area contributed by atoms with Crippen molar-refractivity contribution in [1.82, 2.24) is 24.3 Å². The first-order valence-electron chi connectivity index (χ1n) is 10.9. The van der Waals surface area contributed by atoms with Gasteiger partial charge in [0.1, 0.15) is 5.75 Å². The number of rotatable bonds is 8. The van der Waals surface area contributed by atoms with E-state index in [0.29, 0.717) is 18.8 Å². The summed E-state index contributed by atoms with van der Waals surface area (Å²) >= 11 is 1.74. The molecule has 1 aliphatic rings. The van der Waals surface area contributed by atoms with Crippen molar-refractivity contribution in [2.45, 2.75) is 17.9 Å². The molecular weight excluding hydrogens is 422 g/mol. The number of aryl methyl sites for hydroxylation is 2. The molecule has 3 aromatic rings. The summed E-state index contributed by atoms with van der Waals surface area (Å²) in [6.07, 6.45) is 7.30. The van der Waals surface area contributed by atoms with E-state index in [1.807, 2.05) is 66.6 Å². The molecule has 1 saturated heterocycles. The quantitative estimate of drug-likeness (QED) is 0.489. The van der Waals surface area contributed by atoms with Crippen LogP contribution >= 0.6 is 11.8 Å². The standard InChI is InChI=1S/C24H29N5O2S/c1-27-18-21(26-19-27)9-12-28-13-15-29(16-14-28)24(30)31-22-7-5-20(6-8-22)10-17-32-23-4-2-3-11-25-23/h2-8,11,18-19H,9-10,12-17H2,1H3. The lowest BCUT2D eigenvalue weighted by Crippen LogP contribution is -2.49. The van der Waals surface area contributed by atoms with Crippen LogP contribution in [0, 0.1) is 0 Å². The molecule has 0 spiro atoms. The summed E-state index contributed by atoms with van der Waals surface area (Å²) in [6.45, 7) is 4.04. The van der Waals surface area contributed by atoms with Gasteiger partial charge in [-0.05, 0) is 36.2 Å². The lowest BCUT2D eigenvalue weighted by Gasteiger charge is -2.33. The van der Waals surface area contributed by atoms with Crippen LogP contribution < -0.4 is 4.74 Å². The Morgan fingerprint density at radius 1 is 1.03 bits per heavy atom. The zero-order valence-electron chi connectivity index (χ0n) is 18.4. The minimum absolute atomic E-state index is 0.271. The van der Waals surface area contributed by atoms with Crippen molar-refractivity contribution >= 4 is 17.9 Å². The van der Waals surface area contributed by atoms with Crippen molar-refractivity contribution in [1.29, 1.82) is 0 Å². The van der Waals surface area contributed by atoms with E-state index < -0.39 is 0 Å². The summed E-state index contributed by atoms with van der Waals surface area (Å²) in [5, 5.41) is 1.04. The molecule has 8 heteroatoms. The maximum Gasteiger partial charge on any atom is 0.415 e. The predicted molar refractivity (Wildman–Crippen MR) is 126 cm³/mol. The van der Waals surface area contributed by atoms with Gasteiger partial charge in [0.05, 0.1) is 17.0 Å². The number of thioether (sulfide) groups is 1. The van der Waals surface area contributed by atoms with Gasteiger partial charge < -0.3 is 14.2 Å². The van der Waals surface area contributed by atoms with Crippen LogP contribution in [0.5, 0.6) is 5.75 Å². The molecule has 168 valence electrons. The second-order valence-electron chi connectivity index (χ2n) is 7.89. The number of pyridine rings is 1. The van der Waals surface area contributed by atoms with Crippen molar-refractivity contribution in [2.75, 3.05) is 38.5 Å². The van der Waals surface area contributed by atoms with E-state index in [1.54, 1.807) is 16.7 Å². The van der Waals surface area contributed by atoms with Gasteiger partial charge in [0.25, 0.3) is 0 Å². The van der Waals surface area contributed by atoms with Gasteiger partial charge in [0, 0.05) is 64.3 Å². The molecular formula is C24H29N5O2S. The Hall–Kier alpha value is -2.84. The predicted octanol–water partition coefficient (Wildman–Crippen LogP) is 3.51. The fourth-order valence-electron chi connectivity index (χ4n) is 3.62. The Bertz CT molecular complexity index is 985. The zero-order chi connectivity index (χ0) is 22.2. The first-order chi connectivity index (χ1) is 15.7. The highest BCUT2D eigenvalue weighted by molar-refractivity contribution is 7.99. The smallest absolute Gasteiger partial charge is 0.410 e. The average Bonchev–Trinajstić information content (AvgIpc) is 3.25. The third-order valence-electron chi connectivity index (χ3n) is 5.48. The molecule has 0 bridgehead atoms. The second kappa shape index (κ2) is 11.2. The Morgan fingerprint density at radius 2 is 1.84 bits per heavy atom. The molecule has 0 radical (unpaired) electrons. The number of amides is 1. The number of piperazine rings is 1. The van der Waals surface area contributed by atoms with Crippen molar-refractivity contribution in [3.8, 4) is 5.75 Å². The highest BCUT2D eigenvalue weighted by Gasteiger charge is 2.22. The number of carbonyl (C=O) groups is 1. The molecule has 0 atom stereocenters. The number of aromatic nitrogens is 3. The molecule has 0 saturated carbocycles. The molecule has 1 amide bonds. The van der Waals surface area contributed by atoms with E-state index in [-0.39, 0.29) is 6.09 Å². The van der Waals surface area contributed by atoms with Crippen LogP contribution in [0.4, 0.5) is 4.79 Å². The van der Waals surface area contributed by atoms with E-state index in [1.165, 1.54) is 5.56 Å². The summed E-state index contributed by atoms with van der Waals surface area (Å²) < 4.78 is 7.56. The minimum atomic E-state index is -0.271. The molecule has 0 unspecified atom stereocenters. The summed E-state index contributed by atoms with van der Waals surface area (Å²) in [7, 11) is 1.98. The van der Waals surface area contributed by atoms with E-state index in [9.17, 15) is 4.79 Å². The van der Waals surface area contributed by atoms with E-state index >= 15 is 0 Å². The van der Waals surface area contributed by atoms with Crippen molar-refractivity contribution in [3.63, 3.8) is 0 Å². The Labute approximate surface area is 193 Å². The zero-order valence-corrected chi connectivity index (χ0v) is 19.2. The molecule has 3 heterocycles. The van der Waals surface area contributed by atoms with Gasteiger partial charge >= 0.3 is 6.09 Å². The molecule has 0 aliphatic carbocycles. The Kier molecular flexibility index (Phi) is 7.79. The Morgan fingerprint density at radius 3 is 2.53 bits per heavy atom. The molecule has 2 aromatic heterocycles. The van der Waals surface area contributed by atoms with Crippen LogP contribution in [-0.2, 0) is 19.9 Å². The Balaban J connectivity index is 1.16. The van der Waals surface area contributed by atoms with Gasteiger partial charge in [-0.15, -0.1) is 11.8 Å². The third-order valence-corrected chi connectivity index (χ3v) is 6.43. The highest BCUT2D eigenvalue weighted by Crippen LogP contribution is 2.19. The van der Waals surface area contributed by atoms with Crippen LogP contribution in [0.1, 0.15) is 11.3 Å². The van der Waals surface area contributed by atoms with Gasteiger partial charge in [-0.3, -0.25) is 4.90 Å². The van der Waals surface area contributed by atoms with E-state index in [4.69, 9.17) is 4.74 Å². The summed E-state index contributed by atoms with van der Waals surface area (Å²) in [5.74, 6) is 1.55. The summed E-state index contributed by atoms with van der Waals surface area (Å²) in [4.78, 5) is 25.4. The molecule has 32 heavy (non-hydrogen) atoms. The molecule has 7 nitrogen and oxygen atoms in total. The average molecular weight is 452 g/mol. The van der Waals surface area contributed by atoms with Crippen molar-refractivity contribution in [2.24, 2.45) is 7.05 Å². The van der Waals surface area contributed by atoms with Crippen molar-refractivity contribution < 1.29 is 9.53 Å². The van der Waals surface area contributed by atoms with E-state index in [0.717, 1.165) is 48.9 Å². The lowest BCUT2D eigenvalue weighted by molar-refractivity contribution is 0.111. The number of imidazole rings is 1. The largest absolute Gasteiger partial charge is 0.415 e. The van der Waals surface area contributed by atoms with Gasteiger partial charge in [-0.25, -0.2) is 14.8 Å². The maximum atomic E-state index is 12.5. The number of hydrogen-bond acceptors (Lipinski definition) is 6. The molecule has 1 fully saturated rings. The van der Waals surface area contributed by atoms with Gasteiger partial charge in [0.2, 0.25) is 0 Å². The molecule has 1 aliphatic heterocycles.